The maximum atomic E-state index is 9.81. The monoisotopic (exact) mass is 336 g/mol. The maximum Gasteiger partial charge on any atom is 0.186 e. The van der Waals surface area contributed by atoms with Crippen molar-refractivity contribution in [2.75, 3.05) is 19.8 Å². The van der Waals surface area contributed by atoms with Crippen LogP contribution in [0.4, 0.5) is 0 Å². The number of rotatable bonds is 12. The zero-order chi connectivity index (χ0) is 17.1. The van der Waals surface area contributed by atoms with E-state index in [4.69, 9.17) is 19.7 Å². The minimum Gasteiger partial charge on any atom is -0.396 e. The summed E-state index contributed by atoms with van der Waals surface area (Å²) in [6, 6.07) is 0. The molecule has 0 bridgehead atoms. The molecular formula is C16H32O7. The van der Waals surface area contributed by atoms with Gasteiger partial charge in [-0.15, -0.1) is 0 Å². The van der Waals surface area contributed by atoms with Gasteiger partial charge in [0.15, 0.2) is 6.29 Å². The van der Waals surface area contributed by atoms with Crippen LogP contribution in [0.15, 0.2) is 0 Å². The van der Waals surface area contributed by atoms with E-state index in [0.717, 1.165) is 44.9 Å². The standard InChI is InChI=1S/C16H32O7/c17-9-7-5-3-1-2-4-6-8-10-22-16-15(21)14(20)13(19)12(11-18)23-16/h12-21H,1-11H2/t12-,13+,14+,15-,16+/m1/s1. The first-order valence-electron chi connectivity index (χ1n) is 8.64. The second-order valence-corrected chi connectivity index (χ2v) is 6.12. The molecule has 0 spiro atoms. The minimum atomic E-state index is -1.38. The van der Waals surface area contributed by atoms with Crippen molar-refractivity contribution in [3.05, 3.63) is 0 Å². The van der Waals surface area contributed by atoms with Crippen molar-refractivity contribution >= 4 is 0 Å². The average Bonchev–Trinajstić information content (AvgIpc) is 2.56. The van der Waals surface area contributed by atoms with Gasteiger partial charge in [-0.1, -0.05) is 38.5 Å². The van der Waals surface area contributed by atoms with Crippen molar-refractivity contribution in [3.8, 4) is 0 Å². The topological polar surface area (TPSA) is 120 Å². The number of hydrogen-bond donors (Lipinski definition) is 5. The van der Waals surface area contributed by atoms with E-state index in [2.05, 4.69) is 0 Å². The van der Waals surface area contributed by atoms with Gasteiger partial charge < -0.3 is 35.0 Å². The van der Waals surface area contributed by atoms with Crippen LogP contribution < -0.4 is 0 Å². The third kappa shape index (κ3) is 7.43. The maximum absolute atomic E-state index is 9.81. The molecule has 7 nitrogen and oxygen atoms in total. The Morgan fingerprint density at radius 3 is 1.83 bits per heavy atom. The molecule has 0 aromatic carbocycles. The summed E-state index contributed by atoms with van der Waals surface area (Å²) in [5, 5.41) is 46.9. The van der Waals surface area contributed by atoms with E-state index in [-0.39, 0.29) is 6.61 Å². The molecule has 1 fully saturated rings. The Kier molecular flexibility index (Phi) is 11.0. The van der Waals surface area contributed by atoms with Gasteiger partial charge >= 0.3 is 0 Å². The fourth-order valence-corrected chi connectivity index (χ4v) is 2.68. The average molecular weight is 336 g/mol. The highest BCUT2D eigenvalue weighted by molar-refractivity contribution is 4.88. The smallest absolute Gasteiger partial charge is 0.186 e. The molecule has 5 N–H and O–H groups in total. The van der Waals surface area contributed by atoms with Crippen molar-refractivity contribution in [2.24, 2.45) is 0 Å². The lowest BCUT2D eigenvalue weighted by atomic mass is 9.99. The third-order valence-corrected chi connectivity index (χ3v) is 4.18. The zero-order valence-corrected chi connectivity index (χ0v) is 13.7. The summed E-state index contributed by atoms with van der Waals surface area (Å²) in [6.45, 7) is 0.226. The molecule has 138 valence electrons. The Balaban J connectivity index is 2.06. The number of aliphatic hydroxyl groups excluding tert-OH is 5. The number of unbranched alkanes of at least 4 members (excludes halogenated alkanes) is 7. The van der Waals surface area contributed by atoms with Gasteiger partial charge in [-0.05, 0) is 12.8 Å². The molecule has 0 radical (unpaired) electrons. The fraction of sp³-hybridized carbons (Fsp3) is 1.00. The summed E-state index contributed by atoms with van der Waals surface area (Å²) in [5.74, 6) is 0. The lowest BCUT2D eigenvalue weighted by Gasteiger charge is -2.39. The highest BCUT2D eigenvalue weighted by Crippen LogP contribution is 2.22. The van der Waals surface area contributed by atoms with Gasteiger partial charge in [0.1, 0.15) is 24.4 Å². The normalized spacial score (nSPS) is 31.4. The Labute approximate surface area is 137 Å². The van der Waals surface area contributed by atoms with E-state index in [0.29, 0.717) is 6.61 Å². The van der Waals surface area contributed by atoms with E-state index in [1.54, 1.807) is 0 Å². The third-order valence-electron chi connectivity index (χ3n) is 4.18. The van der Waals surface area contributed by atoms with Crippen LogP contribution in [0.3, 0.4) is 0 Å². The molecule has 0 unspecified atom stereocenters. The molecule has 1 saturated heterocycles. The number of hydrogen-bond acceptors (Lipinski definition) is 7. The predicted molar refractivity (Wildman–Crippen MR) is 83.7 cm³/mol. The van der Waals surface area contributed by atoms with E-state index in [9.17, 15) is 15.3 Å². The summed E-state index contributed by atoms with van der Waals surface area (Å²) < 4.78 is 10.7. The molecule has 7 heteroatoms. The fourth-order valence-electron chi connectivity index (χ4n) is 2.68. The Morgan fingerprint density at radius 2 is 1.26 bits per heavy atom. The summed E-state index contributed by atoms with van der Waals surface area (Å²) in [7, 11) is 0. The minimum absolute atomic E-state index is 0.273. The first-order valence-corrected chi connectivity index (χ1v) is 8.64. The molecule has 1 heterocycles. The molecule has 1 rings (SSSR count). The van der Waals surface area contributed by atoms with Gasteiger partial charge in [-0.3, -0.25) is 0 Å². The van der Waals surface area contributed by atoms with Crippen LogP contribution >= 0.6 is 0 Å². The molecule has 0 aliphatic carbocycles. The molecule has 1 aliphatic rings. The van der Waals surface area contributed by atoms with Gasteiger partial charge in [0.05, 0.1) is 6.61 Å². The lowest BCUT2D eigenvalue weighted by Crippen LogP contribution is -2.59. The molecule has 5 atom stereocenters. The number of ether oxygens (including phenoxy) is 2. The zero-order valence-electron chi connectivity index (χ0n) is 13.7. The van der Waals surface area contributed by atoms with Gasteiger partial charge in [0, 0.05) is 13.2 Å². The van der Waals surface area contributed by atoms with Crippen molar-refractivity contribution in [2.45, 2.75) is 82.1 Å². The van der Waals surface area contributed by atoms with Crippen LogP contribution in [0.2, 0.25) is 0 Å². The molecule has 0 amide bonds. The highest BCUT2D eigenvalue weighted by Gasteiger charge is 2.43. The molecule has 1 aliphatic heterocycles. The van der Waals surface area contributed by atoms with Crippen molar-refractivity contribution in [1.82, 2.24) is 0 Å². The summed E-state index contributed by atoms with van der Waals surface area (Å²) in [6.07, 6.45) is 2.40. The van der Waals surface area contributed by atoms with E-state index >= 15 is 0 Å². The van der Waals surface area contributed by atoms with E-state index < -0.39 is 37.3 Å². The highest BCUT2D eigenvalue weighted by atomic mass is 16.7. The van der Waals surface area contributed by atoms with Crippen LogP contribution in [0.5, 0.6) is 0 Å². The molecule has 23 heavy (non-hydrogen) atoms. The Hall–Kier alpha value is -0.280. The first-order chi connectivity index (χ1) is 11.1. The summed E-state index contributed by atoms with van der Waals surface area (Å²) in [4.78, 5) is 0. The van der Waals surface area contributed by atoms with Crippen LogP contribution in [0.1, 0.15) is 51.4 Å². The van der Waals surface area contributed by atoms with Crippen LogP contribution in [-0.2, 0) is 9.47 Å². The Bertz CT molecular complexity index is 288. The van der Waals surface area contributed by atoms with Crippen LogP contribution in [0.25, 0.3) is 0 Å². The van der Waals surface area contributed by atoms with Crippen molar-refractivity contribution in [1.29, 1.82) is 0 Å². The first kappa shape index (κ1) is 20.8. The van der Waals surface area contributed by atoms with Gasteiger partial charge in [0.2, 0.25) is 0 Å². The summed E-state index contributed by atoms with van der Waals surface area (Å²) >= 11 is 0. The van der Waals surface area contributed by atoms with Gasteiger partial charge in [0.25, 0.3) is 0 Å². The number of aliphatic hydroxyl groups is 5. The second kappa shape index (κ2) is 12.1. The predicted octanol–water partition coefficient (Wildman–Crippen LogP) is -0.0840. The second-order valence-electron chi connectivity index (χ2n) is 6.12. The van der Waals surface area contributed by atoms with E-state index in [1.165, 1.54) is 6.42 Å². The Morgan fingerprint density at radius 1 is 0.696 bits per heavy atom. The van der Waals surface area contributed by atoms with Crippen molar-refractivity contribution < 1.29 is 35.0 Å². The molecule has 0 aromatic rings. The molecular weight excluding hydrogens is 304 g/mol. The van der Waals surface area contributed by atoms with Crippen molar-refractivity contribution in [3.63, 3.8) is 0 Å². The van der Waals surface area contributed by atoms with E-state index in [1.807, 2.05) is 0 Å². The van der Waals surface area contributed by atoms with Gasteiger partial charge in [-0.2, -0.15) is 0 Å². The largest absolute Gasteiger partial charge is 0.396 e. The molecule has 0 saturated carbocycles. The van der Waals surface area contributed by atoms with Crippen LogP contribution in [0, 0.1) is 0 Å². The van der Waals surface area contributed by atoms with Crippen LogP contribution in [-0.4, -0.2) is 76.1 Å². The summed E-state index contributed by atoms with van der Waals surface area (Å²) in [5.41, 5.74) is 0. The lowest BCUT2D eigenvalue weighted by molar-refractivity contribution is -0.301. The quantitative estimate of drug-likeness (QED) is 0.316. The van der Waals surface area contributed by atoms with Gasteiger partial charge in [-0.25, -0.2) is 0 Å². The molecule has 0 aromatic heterocycles. The SMILES string of the molecule is OCCCCCCCCCCO[C@H]1O[C@H](CO)[C@H](O)[C@H](O)[C@H]1O.